The molecule has 0 spiro atoms. The maximum Gasteiger partial charge on any atom is 0.308 e. The minimum absolute atomic E-state index is 0.00651. The zero-order valence-corrected chi connectivity index (χ0v) is 12.6. The number of rotatable bonds is 3. The Bertz CT molecular complexity index is 581. The van der Waals surface area contributed by atoms with Crippen LogP contribution in [0.4, 0.5) is 4.39 Å². The third-order valence-corrected chi connectivity index (χ3v) is 4.75. The number of methoxy groups -OCH3 is 1. The van der Waals surface area contributed by atoms with Crippen molar-refractivity contribution in [1.29, 1.82) is 0 Å². The molecule has 0 aromatic heterocycles. The molecule has 0 bridgehead atoms. The number of esters is 1. The van der Waals surface area contributed by atoms with Crippen molar-refractivity contribution >= 4 is 11.9 Å². The van der Waals surface area contributed by atoms with Crippen LogP contribution in [-0.2, 0) is 14.3 Å². The lowest BCUT2D eigenvalue weighted by atomic mass is 9.96. The van der Waals surface area contributed by atoms with Crippen LogP contribution in [0.15, 0.2) is 24.3 Å². The first-order valence-corrected chi connectivity index (χ1v) is 7.73. The number of piperidine rings is 1. The molecule has 118 valence electrons. The molecule has 1 heterocycles. The van der Waals surface area contributed by atoms with Crippen LogP contribution in [0.3, 0.4) is 0 Å². The lowest BCUT2D eigenvalue weighted by Crippen LogP contribution is -2.41. The summed E-state index contributed by atoms with van der Waals surface area (Å²) in [4.78, 5) is 25.8. The van der Waals surface area contributed by atoms with Gasteiger partial charge in [-0.15, -0.1) is 0 Å². The Morgan fingerprint density at radius 2 is 1.91 bits per heavy atom. The zero-order chi connectivity index (χ0) is 15.7. The number of hydrogen-bond acceptors (Lipinski definition) is 3. The van der Waals surface area contributed by atoms with Crippen LogP contribution in [0.2, 0.25) is 0 Å². The molecule has 22 heavy (non-hydrogen) atoms. The van der Waals surface area contributed by atoms with Gasteiger partial charge >= 0.3 is 5.97 Å². The minimum atomic E-state index is -0.229. The maximum atomic E-state index is 13.8. The second-order valence-corrected chi connectivity index (χ2v) is 6.09. The predicted molar refractivity (Wildman–Crippen MR) is 78.6 cm³/mol. The summed E-state index contributed by atoms with van der Waals surface area (Å²) in [5.41, 5.74) is 0.644. The molecule has 2 aliphatic rings. The van der Waals surface area contributed by atoms with Crippen LogP contribution < -0.4 is 0 Å². The molecule has 1 aliphatic heterocycles. The van der Waals surface area contributed by atoms with Gasteiger partial charge in [-0.3, -0.25) is 9.59 Å². The van der Waals surface area contributed by atoms with Crippen molar-refractivity contribution in [2.75, 3.05) is 20.2 Å². The highest BCUT2D eigenvalue weighted by atomic mass is 19.1. The molecule has 5 heteroatoms. The molecule has 3 rings (SSSR count). The average molecular weight is 305 g/mol. The van der Waals surface area contributed by atoms with Crippen LogP contribution >= 0.6 is 0 Å². The summed E-state index contributed by atoms with van der Waals surface area (Å²) in [6.07, 6.45) is 2.02. The first-order valence-electron chi connectivity index (χ1n) is 7.73. The number of carbonyl (C=O) groups is 2. The van der Waals surface area contributed by atoms with Gasteiger partial charge in [0.2, 0.25) is 5.91 Å². The quantitative estimate of drug-likeness (QED) is 0.805. The van der Waals surface area contributed by atoms with Crippen molar-refractivity contribution in [3.63, 3.8) is 0 Å². The fourth-order valence-corrected chi connectivity index (χ4v) is 3.32. The van der Waals surface area contributed by atoms with Crippen LogP contribution in [0, 0.1) is 17.7 Å². The summed E-state index contributed by atoms with van der Waals surface area (Å²) in [7, 11) is 1.39. The van der Waals surface area contributed by atoms with Crippen molar-refractivity contribution in [2.45, 2.75) is 25.2 Å². The van der Waals surface area contributed by atoms with E-state index in [-0.39, 0.29) is 35.4 Å². The minimum Gasteiger partial charge on any atom is -0.469 e. The largest absolute Gasteiger partial charge is 0.469 e. The second kappa shape index (κ2) is 6.07. The standard InChI is InChI=1S/C17H20FNO3/c1-22-17(21)11-6-8-19(9-7-11)16(20)14-10-13(14)12-4-2-3-5-15(12)18/h2-5,11,13-14H,6-10H2,1H3. The first-order chi connectivity index (χ1) is 10.6. The van der Waals surface area contributed by atoms with E-state index in [9.17, 15) is 14.0 Å². The fourth-order valence-electron chi connectivity index (χ4n) is 3.32. The highest BCUT2D eigenvalue weighted by Crippen LogP contribution is 2.49. The van der Waals surface area contributed by atoms with Gasteiger partial charge in [-0.05, 0) is 36.8 Å². The Morgan fingerprint density at radius 1 is 1.23 bits per heavy atom. The summed E-state index contributed by atoms with van der Waals surface area (Å²) in [6.45, 7) is 1.16. The molecule has 1 aliphatic carbocycles. The van der Waals surface area contributed by atoms with Gasteiger partial charge < -0.3 is 9.64 Å². The molecule has 1 saturated carbocycles. The summed E-state index contributed by atoms with van der Waals surface area (Å²) >= 11 is 0. The van der Waals surface area contributed by atoms with E-state index in [4.69, 9.17) is 4.74 Å². The lowest BCUT2D eigenvalue weighted by molar-refractivity contribution is -0.149. The lowest BCUT2D eigenvalue weighted by Gasteiger charge is -2.31. The van der Waals surface area contributed by atoms with Crippen molar-refractivity contribution in [2.24, 2.45) is 11.8 Å². The number of amides is 1. The number of nitrogens with zero attached hydrogens (tertiary/aromatic N) is 1. The van der Waals surface area contributed by atoms with Gasteiger partial charge in [-0.1, -0.05) is 18.2 Å². The highest BCUT2D eigenvalue weighted by Gasteiger charge is 2.47. The molecule has 1 saturated heterocycles. The molecule has 2 unspecified atom stereocenters. The highest BCUT2D eigenvalue weighted by molar-refractivity contribution is 5.83. The van der Waals surface area contributed by atoms with Crippen LogP contribution in [0.5, 0.6) is 0 Å². The number of carbonyl (C=O) groups excluding carboxylic acids is 2. The summed E-state index contributed by atoms with van der Waals surface area (Å²) in [5, 5.41) is 0. The number of halogens is 1. The summed E-state index contributed by atoms with van der Waals surface area (Å²) in [6, 6.07) is 6.67. The Balaban J connectivity index is 1.56. The van der Waals surface area contributed by atoms with Crippen molar-refractivity contribution < 1.29 is 18.7 Å². The Morgan fingerprint density at radius 3 is 2.55 bits per heavy atom. The fraction of sp³-hybridized carbons (Fsp3) is 0.529. The Hall–Kier alpha value is -1.91. The van der Waals surface area contributed by atoms with E-state index in [1.807, 2.05) is 4.90 Å². The van der Waals surface area contributed by atoms with E-state index in [2.05, 4.69) is 0 Å². The van der Waals surface area contributed by atoms with Gasteiger partial charge in [0.05, 0.1) is 13.0 Å². The SMILES string of the molecule is COC(=O)C1CCN(C(=O)C2CC2c2ccccc2F)CC1. The third kappa shape index (κ3) is 2.85. The number of ether oxygens (including phenoxy) is 1. The van der Waals surface area contributed by atoms with Crippen molar-refractivity contribution in [3.05, 3.63) is 35.6 Å². The molecule has 2 fully saturated rings. The van der Waals surface area contributed by atoms with E-state index >= 15 is 0 Å². The zero-order valence-electron chi connectivity index (χ0n) is 12.6. The topological polar surface area (TPSA) is 46.6 Å². The monoisotopic (exact) mass is 305 g/mol. The molecular weight excluding hydrogens is 285 g/mol. The van der Waals surface area contributed by atoms with E-state index in [0.29, 0.717) is 31.5 Å². The van der Waals surface area contributed by atoms with Crippen LogP contribution in [-0.4, -0.2) is 37.0 Å². The van der Waals surface area contributed by atoms with Gasteiger partial charge in [0.15, 0.2) is 0 Å². The molecule has 1 amide bonds. The smallest absolute Gasteiger partial charge is 0.308 e. The van der Waals surface area contributed by atoms with Gasteiger partial charge in [0.25, 0.3) is 0 Å². The second-order valence-electron chi connectivity index (χ2n) is 6.09. The van der Waals surface area contributed by atoms with Gasteiger partial charge in [0, 0.05) is 19.0 Å². The third-order valence-electron chi connectivity index (χ3n) is 4.75. The van der Waals surface area contributed by atoms with Gasteiger partial charge in [-0.2, -0.15) is 0 Å². The Kier molecular flexibility index (Phi) is 4.14. The summed E-state index contributed by atoms with van der Waals surface area (Å²) in [5.74, 6) is -0.527. The molecule has 0 radical (unpaired) electrons. The molecule has 2 atom stereocenters. The van der Waals surface area contributed by atoms with E-state index in [0.717, 1.165) is 6.42 Å². The van der Waals surface area contributed by atoms with Crippen LogP contribution in [0.1, 0.15) is 30.7 Å². The van der Waals surface area contributed by atoms with E-state index < -0.39 is 0 Å². The Labute approximate surface area is 129 Å². The molecular formula is C17H20FNO3. The summed E-state index contributed by atoms with van der Waals surface area (Å²) < 4.78 is 18.5. The van der Waals surface area contributed by atoms with E-state index in [1.54, 1.807) is 18.2 Å². The molecule has 0 N–H and O–H groups in total. The van der Waals surface area contributed by atoms with Crippen molar-refractivity contribution in [3.8, 4) is 0 Å². The van der Waals surface area contributed by atoms with Crippen molar-refractivity contribution in [1.82, 2.24) is 4.90 Å². The number of benzene rings is 1. The number of hydrogen-bond donors (Lipinski definition) is 0. The molecule has 1 aromatic carbocycles. The predicted octanol–water partition coefficient (Wildman–Crippen LogP) is 2.34. The first kappa shape index (κ1) is 15.0. The van der Waals surface area contributed by atoms with Gasteiger partial charge in [0.1, 0.15) is 5.82 Å². The van der Waals surface area contributed by atoms with Gasteiger partial charge in [-0.25, -0.2) is 4.39 Å². The normalized spacial score (nSPS) is 24.9. The molecule has 4 nitrogen and oxygen atoms in total. The molecule has 1 aromatic rings. The average Bonchev–Trinajstić information content (AvgIpc) is 3.34. The van der Waals surface area contributed by atoms with E-state index in [1.165, 1.54) is 13.2 Å². The maximum absolute atomic E-state index is 13.8. The van der Waals surface area contributed by atoms with Crippen LogP contribution in [0.25, 0.3) is 0 Å². The number of likely N-dealkylation sites (tertiary alicyclic amines) is 1.